The van der Waals surface area contributed by atoms with Crippen molar-refractivity contribution in [2.75, 3.05) is 33.3 Å². The summed E-state index contributed by atoms with van der Waals surface area (Å²) >= 11 is 0. The Hall–Kier alpha value is -3.26. The van der Waals surface area contributed by atoms with E-state index in [9.17, 15) is 9.59 Å². The van der Waals surface area contributed by atoms with Crippen molar-refractivity contribution in [1.82, 2.24) is 24.3 Å². The highest BCUT2D eigenvalue weighted by molar-refractivity contribution is 5.77. The molecule has 1 saturated heterocycles. The fourth-order valence-electron chi connectivity index (χ4n) is 5.53. The third-order valence-corrected chi connectivity index (χ3v) is 7.63. The van der Waals surface area contributed by atoms with E-state index in [0.717, 1.165) is 37.5 Å². The Balaban J connectivity index is 1.29. The van der Waals surface area contributed by atoms with Crippen LogP contribution in [-0.2, 0) is 17.8 Å². The third-order valence-electron chi connectivity index (χ3n) is 7.63. The Morgan fingerprint density at radius 2 is 1.78 bits per heavy atom. The molecule has 2 aromatic heterocycles. The van der Waals surface area contributed by atoms with Gasteiger partial charge in [0.25, 0.3) is 5.56 Å². The van der Waals surface area contributed by atoms with Gasteiger partial charge < -0.3 is 9.64 Å². The molecule has 0 N–H and O–H groups in total. The number of fused-ring (bicyclic) bond motifs is 1. The molecule has 1 saturated carbocycles. The molecule has 0 spiro atoms. The van der Waals surface area contributed by atoms with Crippen molar-refractivity contribution in [2.24, 2.45) is 0 Å². The number of amides is 1. The van der Waals surface area contributed by atoms with Crippen LogP contribution in [0.3, 0.4) is 0 Å². The second-order valence-corrected chi connectivity index (χ2v) is 9.85. The van der Waals surface area contributed by atoms with E-state index in [2.05, 4.69) is 9.88 Å². The van der Waals surface area contributed by atoms with E-state index in [1.807, 2.05) is 29.2 Å². The number of aromatic nitrogens is 3. The summed E-state index contributed by atoms with van der Waals surface area (Å²) in [5.74, 6) is 1.49. The number of carbonyl (C=O) groups is 1. The lowest BCUT2D eigenvalue weighted by atomic mass is 9.94. The van der Waals surface area contributed by atoms with Crippen molar-refractivity contribution in [1.29, 1.82) is 0 Å². The maximum absolute atomic E-state index is 13.4. The van der Waals surface area contributed by atoms with Crippen molar-refractivity contribution < 1.29 is 9.53 Å². The van der Waals surface area contributed by atoms with Crippen LogP contribution in [0.2, 0.25) is 0 Å². The van der Waals surface area contributed by atoms with Gasteiger partial charge in [-0.15, -0.1) is 0 Å². The quantitative estimate of drug-likeness (QED) is 0.507. The van der Waals surface area contributed by atoms with E-state index >= 15 is 0 Å². The zero-order valence-electron chi connectivity index (χ0n) is 21.1. The van der Waals surface area contributed by atoms with Crippen molar-refractivity contribution >= 4 is 16.9 Å². The fraction of sp³-hybridized carbons (Fsp3) is 0.500. The Morgan fingerprint density at radius 3 is 2.50 bits per heavy atom. The Kier molecular flexibility index (Phi) is 7.60. The molecule has 0 radical (unpaired) electrons. The minimum Gasteiger partial charge on any atom is -0.497 e. The van der Waals surface area contributed by atoms with Gasteiger partial charge in [0, 0.05) is 51.3 Å². The van der Waals surface area contributed by atoms with E-state index in [-0.39, 0.29) is 11.5 Å². The van der Waals surface area contributed by atoms with E-state index in [4.69, 9.17) is 9.72 Å². The van der Waals surface area contributed by atoms with Gasteiger partial charge in [-0.3, -0.25) is 19.1 Å². The Bertz CT molecular complexity index is 1240. The van der Waals surface area contributed by atoms with E-state index in [1.165, 1.54) is 32.1 Å². The molecule has 2 fully saturated rings. The van der Waals surface area contributed by atoms with Crippen LogP contribution in [-0.4, -0.2) is 69.6 Å². The molecule has 3 aromatic rings. The summed E-state index contributed by atoms with van der Waals surface area (Å²) in [5, 5.41) is 0.486. The van der Waals surface area contributed by atoms with Crippen molar-refractivity contribution in [2.45, 2.75) is 57.5 Å². The number of methoxy groups -OCH3 is 1. The van der Waals surface area contributed by atoms with E-state index in [0.29, 0.717) is 42.3 Å². The zero-order chi connectivity index (χ0) is 24.9. The molecule has 0 atom stereocenters. The van der Waals surface area contributed by atoms with Gasteiger partial charge in [0.2, 0.25) is 5.91 Å². The standard InChI is InChI=1S/C28H35N5O3/c1-36-23-11-9-21(10-12-23)20-33-25(30-27-24(28(33)35)8-5-15-29-27)13-14-26(34)32-18-16-31(17-19-32)22-6-3-2-4-7-22/h5,8-12,15,22H,2-4,6-7,13-14,16-20H2,1H3. The number of rotatable bonds is 7. The molecule has 8 nitrogen and oxygen atoms in total. The van der Waals surface area contributed by atoms with Gasteiger partial charge in [0.1, 0.15) is 11.6 Å². The highest BCUT2D eigenvalue weighted by Crippen LogP contribution is 2.23. The first-order valence-electron chi connectivity index (χ1n) is 13.1. The van der Waals surface area contributed by atoms with Crippen LogP contribution in [0.25, 0.3) is 11.0 Å². The Morgan fingerprint density at radius 1 is 1.03 bits per heavy atom. The van der Waals surface area contributed by atoms with Gasteiger partial charge in [-0.05, 0) is 42.7 Å². The van der Waals surface area contributed by atoms with Crippen LogP contribution in [0.4, 0.5) is 0 Å². The highest BCUT2D eigenvalue weighted by Gasteiger charge is 2.27. The number of hydrogen-bond donors (Lipinski definition) is 0. The number of ether oxygens (including phenoxy) is 1. The lowest BCUT2D eigenvalue weighted by Gasteiger charge is -2.40. The number of pyridine rings is 1. The van der Waals surface area contributed by atoms with Crippen LogP contribution in [0.1, 0.15) is 49.9 Å². The predicted octanol–water partition coefficient (Wildman–Crippen LogP) is 3.26. The number of hydrogen-bond acceptors (Lipinski definition) is 6. The molecule has 1 amide bonds. The van der Waals surface area contributed by atoms with E-state index in [1.54, 1.807) is 30.0 Å². The molecule has 1 aliphatic heterocycles. The van der Waals surface area contributed by atoms with Crippen molar-refractivity contribution in [3.05, 3.63) is 64.3 Å². The van der Waals surface area contributed by atoms with Crippen LogP contribution < -0.4 is 10.3 Å². The van der Waals surface area contributed by atoms with Crippen LogP contribution >= 0.6 is 0 Å². The molecule has 1 aliphatic carbocycles. The molecule has 2 aliphatic rings. The summed E-state index contributed by atoms with van der Waals surface area (Å²) in [7, 11) is 1.63. The second kappa shape index (κ2) is 11.2. The second-order valence-electron chi connectivity index (χ2n) is 9.85. The Labute approximate surface area is 211 Å². The van der Waals surface area contributed by atoms with Gasteiger partial charge in [-0.2, -0.15) is 0 Å². The summed E-state index contributed by atoms with van der Waals surface area (Å²) in [6, 6.07) is 11.8. The van der Waals surface area contributed by atoms with Crippen LogP contribution in [0, 0.1) is 0 Å². The summed E-state index contributed by atoms with van der Waals surface area (Å²) in [6.45, 7) is 3.85. The molecule has 0 bridgehead atoms. The summed E-state index contributed by atoms with van der Waals surface area (Å²) in [5.41, 5.74) is 1.26. The normalized spacial score (nSPS) is 17.4. The van der Waals surface area contributed by atoms with Crippen LogP contribution in [0.15, 0.2) is 47.4 Å². The van der Waals surface area contributed by atoms with Crippen molar-refractivity contribution in [3.8, 4) is 5.75 Å². The van der Waals surface area contributed by atoms with Gasteiger partial charge >= 0.3 is 0 Å². The number of nitrogens with zero attached hydrogens (tertiary/aromatic N) is 5. The highest BCUT2D eigenvalue weighted by atomic mass is 16.5. The minimum atomic E-state index is -0.132. The summed E-state index contributed by atoms with van der Waals surface area (Å²) < 4.78 is 6.93. The van der Waals surface area contributed by atoms with E-state index < -0.39 is 0 Å². The number of benzene rings is 1. The maximum Gasteiger partial charge on any atom is 0.263 e. The molecule has 0 unspecified atom stereocenters. The topological polar surface area (TPSA) is 80.6 Å². The largest absolute Gasteiger partial charge is 0.497 e. The number of carbonyl (C=O) groups excluding carboxylic acids is 1. The first-order chi connectivity index (χ1) is 17.6. The average molecular weight is 490 g/mol. The molecule has 5 rings (SSSR count). The first-order valence-corrected chi connectivity index (χ1v) is 13.1. The zero-order valence-corrected chi connectivity index (χ0v) is 21.1. The smallest absolute Gasteiger partial charge is 0.263 e. The van der Waals surface area contributed by atoms with Gasteiger partial charge in [-0.1, -0.05) is 31.4 Å². The maximum atomic E-state index is 13.4. The third kappa shape index (κ3) is 5.43. The lowest BCUT2D eigenvalue weighted by molar-refractivity contribution is -0.133. The average Bonchev–Trinajstić information content (AvgIpc) is 2.94. The van der Waals surface area contributed by atoms with Gasteiger partial charge in [0.15, 0.2) is 5.65 Å². The molecular weight excluding hydrogens is 454 g/mol. The molecular formula is C28H35N5O3. The fourth-order valence-corrected chi connectivity index (χ4v) is 5.53. The lowest BCUT2D eigenvalue weighted by Crippen LogP contribution is -2.52. The number of piperazine rings is 1. The number of aryl methyl sites for hydroxylation is 1. The molecule has 3 heterocycles. The van der Waals surface area contributed by atoms with Gasteiger partial charge in [0.05, 0.1) is 19.0 Å². The van der Waals surface area contributed by atoms with Crippen LogP contribution in [0.5, 0.6) is 5.75 Å². The molecule has 1 aromatic carbocycles. The molecule has 8 heteroatoms. The first kappa shape index (κ1) is 24.4. The van der Waals surface area contributed by atoms with Gasteiger partial charge in [-0.25, -0.2) is 9.97 Å². The molecule has 36 heavy (non-hydrogen) atoms. The van der Waals surface area contributed by atoms with Crippen molar-refractivity contribution in [3.63, 3.8) is 0 Å². The minimum absolute atomic E-state index is 0.129. The summed E-state index contributed by atoms with van der Waals surface area (Å²) in [4.78, 5) is 40.0. The monoisotopic (exact) mass is 489 g/mol. The molecule has 190 valence electrons. The summed E-state index contributed by atoms with van der Waals surface area (Å²) in [6.07, 6.45) is 8.98. The predicted molar refractivity (Wildman–Crippen MR) is 139 cm³/mol. The SMILES string of the molecule is COc1ccc(Cn2c(CCC(=O)N3CCN(C4CCCCC4)CC3)nc3ncccc3c2=O)cc1.